The highest BCUT2D eigenvalue weighted by Gasteiger charge is 1.92. The number of rotatable bonds is 7. The number of aliphatic hydroxyl groups is 1. The van der Waals surface area contributed by atoms with Crippen LogP contribution < -0.4 is 5.32 Å². The maximum atomic E-state index is 8.89. The Morgan fingerprint density at radius 3 is 2.73 bits per heavy atom. The molecule has 0 aromatic rings. The minimum Gasteiger partial charge on any atom is -0.392 e. The van der Waals surface area contributed by atoms with Crippen molar-refractivity contribution in [2.45, 2.75) is 25.9 Å². The monoisotopic (exact) mass is 177 g/mol. The van der Waals surface area contributed by atoms with Crippen molar-refractivity contribution in [3.05, 3.63) is 0 Å². The summed E-state index contributed by atoms with van der Waals surface area (Å²) in [6.07, 6.45) is 4.40. The van der Waals surface area contributed by atoms with E-state index < -0.39 is 0 Å². The Morgan fingerprint density at radius 1 is 1.45 bits per heavy atom. The molecule has 0 aromatic carbocycles. The summed E-state index contributed by atoms with van der Waals surface area (Å²) < 4.78 is 0. The number of thioether (sulfide) groups is 1. The maximum Gasteiger partial charge on any atom is 0.0636 e. The highest BCUT2D eigenvalue weighted by molar-refractivity contribution is 7.98. The summed E-state index contributed by atoms with van der Waals surface area (Å²) >= 11 is 1.89. The number of hydrogen-bond acceptors (Lipinski definition) is 3. The number of hydrogen-bond donors (Lipinski definition) is 2. The van der Waals surface area contributed by atoms with Crippen molar-refractivity contribution in [3.63, 3.8) is 0 Å². The first-order valence-corrected chi connectivity index (χ1v) is 5.54. The molecule has 0 spiro atoms. The van der Waals surface area contributed by atoms with E-state index in [1.54, 1.807) is 6.92 Å². The summed E-state index contributed by atoms with van der Waals surface area (Å²) in [6, 6.07) is 0. The molecule has 0 fully saturated rings. The van der Waals surface area contributed by atoms with Crippen molar-refractivity contribution in [2.75, 3.05) is 25.1 Å². The van der Waals surface area contributed by atoms with E-state index in [-0.39, 0.29) is 6.10 Å². The number of nitrogens with one attached hydrogen (secondary N) is 1. The molecule has 0 rings (SSSR count). The van der Waals surface area contributed by atoms with Crippen LogP contribution in [0.15, 0.2) is 0 Å². The minimum absolute atomic E-state index is 0.212. The van der Waals surface area contributed by atoms with Crippen LogP contribution in [0.2, 0.25) is 0 Å². The average molecular weight is 177 g/mol. The molecular formula is C8H19NOS. The number of unbranched alkanes of at least 4 members (excludes halogenated alkanes) is 1. The van der Waals surface area contributed by atoms with E-state index in [4.69, 9.17) is 5.11 Å². The fourth-order valence-electron chi connectivity index (χ4n) is 0.807. The summed E-state index contributed by atoms with van der Waals surface area (Å²) in [4.78, 5) is 0. The average Bonchev–Trinajstić information content (AvgIpc) is 1.96. The van der Waals surface area contributed by atoms with Crippen LogP contribution in [0.4, 0.5) is 0 Å². The van der Waals surface area contributed by atoms with E-state index in [9.17, 15) is 0 Å². The zero-order chi connectivity index (χ0) is 8.53. The van der Waals surface area contributed by atoms with Gasteiger partial charge in [0.25, 0.3) is 0 Å². The Kier molecular flexibility index (Phi) is 8.57. The lowest BCUT2D eigenvalue weighted by atomic mass is 10.3. The predicted molar refractivity (Wildman–Crippen MR) is 52.2 cm³/mol. The van der Waals surface area contributed by atoms with Crippen LogP contribution in [0.25, 0.3) is 0 Å². The van der Waals surface area contributed by atoms with Crippen LogP contribution in [-0.4, -0.2) is 36.3 Å². The van der Waals surface area contributed by atoms with Crippen molar-refractivity contribution in [1.82, 2.24) is 5.32 Å². The first-order valence-electron chi connectivity index (χ1n) is 4.15. The molecule has 0 saturated carbocycles. The molecule has 0 aliphatic carbocycles. The lowest BCUT2D eigenvalue weighted by Crippen LogP contribution is -2.25. The standard InChI is InChI=1S/C8H19NOS/c1-8(10)7-9-5-3-4-6-11-2/h8-10H,3-7H2,1-2H3/t8-/m0/s1. The van der Waals surface area contributed by atoms with Crippen molar-refractivity contribution in [2.24, 2.45) is 0 Å². The molecule has 0 amide bonds. The molecule has 0 aliphatic heterocycles. The Morgan fingerprint density at radius 2 is 2.18 bits per heavy atom. The predicted octanol–water partition coefficient (Wildman–Crippen LogP) is 1.10. The quantitative estimate of drug-likeness (QED) is 0.571. The summed E-state index contributed by atoms with van der Waals surface area (Å²) in [6.45, 7) is 3.56. The number of aliphatic hydroxyl groups excluding tert-OH is 1. The second-order valence-corrected chi connectivity index (χ2v) is 3.74. The van der Waals surface area contributed by atoms with Crippen LogP contribution in [0.3, 0.4) is 0 Å². The van der Waals surface area contributed by atoms with Gasteiger partial charge in [-0.15, -0.1) is 0 Å². The smallest absolute Gasteiger partial charge is 0.0636 e. The molecule has 0 aliphatic rings. The molecule has 68 valence electrons. The lowest BCUT2D eigenvalue weighted by Gasteiger charge is -2.05. The molecule has 0 saturated heterocycles. The van der Waals surface area contributed by atoms with Crippen molar-refractivity contribution in [1.29, 1.82) is 0 Å². The molecule has 1 atom stereocenters. The van der Waals surface area contributed by atoms with E-state index in [2.05, 4.69) is 11.6 Å². The minimum atomic E-state index is -0.212. The highest BCUT2D eigenvalue weighted by atomic mass is 32.2. The maximum absolute atomic E-state index is 8.89. The second-order valence-electron chi connectivity index (χ2n) is 2.75. The molecule has 0 radical (unpaired) electrons. The fourth-order valence-corrected chi connectivity index (χ4v) is 1.30. The molecule has 2 nitrogen and oxygen atoms in total. The van der Waals surface area contributed by atoms with Crippen molar-refractivity contribution in [3.8, 4) is 0 Å². The van der Waals surface area contributed by atoms with Crippen LogP contribution in [0.1, 0.15) is 19.8 Å². The second kappa shape index (κ2) is 8.37. The van der Waals surface area contributed by atoms with Gasteiger partial charge in [-0.3, -0.25) is 0 Å². The zero-order valence-electron chi connectivity index (χ0n) is 7.47. The van der Waals surface area contributed by atoms with Crippen LogP contribution in [-0.2, 0) is 0 Å². The Labute approximate surface area is 73.8 Å². The van der Waals surface area contributed by atoms with Gasteiger partial charge >= 0.3 is 0 Å². The molecule has 0 bridgehead atoms. The van der Waals surface area contributed by atoms with Gasteiger partial charge in [0.2, 0.25) is 0 Å². The first kappa shape index (κ1) is 11.3. The van der Waals surface area contributed by atoms with Gasteiger partial charge in [0, 0.05) is 6.54 Å². The van der Waals surface area contributed by atoms with E-state index in [1.165, 1.54) is 18.6 Å². The third-order valence-corrected chi connectivity index (χ3v) is 2.09. The SMILES string of the molecule is CSCCCCNC[C@H](C)O. The third-order valence-electron chi connectivity index (χ3n) is 1.39. The van der Waals surface area contributed by atoms with Crippen molar-refractivity contribution >= 4 is 11.8 Å². The molecule has 2 N–H and O–H groups in total. The third kappa shape index (κ3) is 10.3. The van der Waals surface area contributed by atoms with E-state index in [0.717, 1.165) is 13.1 Å². The summed E-state index contributed by atoms with van der Waals surface area (Å²) in [5.74, 6) is 1.25. The lowest BCUT2D eigenvalue weighted by molar-refractivity contribution is 0.191. The normalized spacial score (nSPS) is 13.4. The topological polar surface area (TPSA) is 32.3 Å². The first-order chi connectivity index (χ1) is 5.27. The molecule has 0 heterocycles. The summed E-state index contributed by atoms with van der Waals surface area (Å²) in [5.41, 5.74) is 0. The van der Waals surface area contributed by atoms with Crippen molar-refractivity contribution < 1.29 is 5.11 Å². The Balaban J connectivity index is 2.80. The van der Waals surface area contributed by atoms with Crippen LogP contribution in [0.5, 0.6) is 0 Å². The molecule has 3 heteroatoms. The van der Waals surface area contributed by atoms with Gasteiger partial charge in [0.15, 0.2) is 0 Å². The Hall–Kier alpha value is 0.270. The van der Waals surface area contributed by atoms with Gasteiger partial charge in [-0.25, -0.2) is 0 Å². The van der Waals surface area contributed by atoms with E-state index in [1.807, 2.05) is 11.8 Å². The fraction of sp³-hybridized carbons (Fsp3) is 1.00. The Bertz CT molecular complexity index is 78.5. The van der Waals surface area contributed by atoms with E-state index in [0.29, 0.717) is 0 Å². The highest BCUT2D eigenvalue weighted by Crippen LogP contribution is 1.97. The van der Waals surface area contributed by atoms with Gasteiger partial charge in [-0.1, -0.05) is 0 Å². The molecule has 11 heavy (non-hydrogen) atoms. The molecule has 0 aromatic heterocycles. The van der Waals surface area contributed by atoms with Crippen LogP contribution in [0, 0.1) is 0 Å². The van der Waals surface area contributed by atoms with Gasteiger partial charge in [0.05, 0.1) is 6.10 Å². The zero-order valence-corrected chi connectivity index (χ0v) is 8.28. The molecule has 0 unspecified atom stereocenters. The largest absolute Gasteiger partial charge is 0.392 e. The van der Waals surface area contributed by atoms with Gasteiger partial charge in [-0.2, -0.15) is 11.8 Å². The van der Waals surface area contributed by atoms with Gasteiger partial charge < -0.3 is 10.4 Å². The summed E-state index contributed by atoms with van der Waals surface area (Å²) in [7, 11) is 0. The van der Waals surface area contributed by atoms with Gasteiger partial charge in [-0.05, 0) is 38.3 Å². The van der Waals surface area contributed by atoms with Crippen LogP contribution >= 0.6 is 11.8 Å². The van der Waals surface area contributed by atoms with Gasteiger partial charge in [0.1, 0.15) is 0 Å². The van der Waals surface area contributed by atoms with E-state index >= 15 is 0 Å². The molecular weight excluding hydrogens is 158 g/mol. The summed E-state index contributed by atoms with van der Waals surface area (Å²) in [5, 5.41) is 12.1.